The molecule has 134 valence electrons. The van der Waals surface area contributed by atoms with Gasteiger partial charge in [-0.05, 0) is 44.5 Å². The Hall–Kier alpha value is -0.820. The fraction of sp³-hybridized carbons (Fsp3) is 0.562. The first kappa shape index (κ1) is 19.5. The molecule has 0 N–H and O–H groups in total. The SMILES string of the molecule is CCOC(=O)C1CCCN(CCS(=O)(=O)c2cc(Cl)ccc2Cl)C1. The number of carbonyl (C=O) groups excluding carboxylic acids is 1. The van der Waals surface area contributed by atoms with Gasteiger partial charge in [-0.25, -0.2) is 8.42 Å². The summed E-state index contributed by atoms with van der Waals surface area (Å²) < 4.78 is 30.1. The van der Waals surface area contributed by atoms with E-state index < -0.39 is 9.84 Å². The van der Waals surface area contributed by atoms with Crippen LogP contribution in [0.4, 0.5) is 0 Å². The third-order valence-corrected chi connectivity index (χ3v) is 6.43. The average molecular weight is 394 g/mol. The van der Waals surface area contributed by atoms with Crippen LogP contribution in [0.2, 0.25) is 10.0 Å². The standard InChI is InChI=1S/C16H21Cl2NO4S/c1-2-23-16(20)12-4-3-7-19(11-12)8-9-24(21,22)15-10-13(17)5-6-14(15)18/h5-6,10,12H,2-4,7-9,11H2,1H3. The molecule has 0 radical (unpaired) electrons. The summed E-state index contributed by atoms with van der Waals surface area (Å²) in [5.74, 6) is -0.457. The second-order valence-corrected chi connectivity index (χ2v) is 8.71. The van der Waals surface area contributed by atoms with Gasteiger partial charge in [-0.2, -0.15) is 0 Å². The van der Waals surface area contributed by atoms with E-state index in [9.17, 15) is 13.2 Å². The van der Waals surface area contributed by atoms with Crippen LogP contribution in [-0.2, 0) is 19.4 Å². The normalized spacial score (nSPS) is 19.2. The summed E-state index contributed by atoms with van der Waals surface area (Å²) in [7, 11) is -3.54. The van der Waals surface area contributed by atoms with E-state index in [1.807, 2.05) is 4.90 Å². The minimum Gasteiger partial charge on any atom is -0.466 e. The first-order valence-corrected chi connectivity index (χ1v) is 10.3. The van der Waals surface area contributed by atoms with Gasteiger partial charge in [0.2, 0.25) is 0 Å². The van der Waals surface area contributed by atoms with Crippen LogP contribution in [-0.4, -0.2) is 51.3 Å². The van der Waals surface area contributed by atoms with Gasteiger partial charge in [-0.3, -0.25) is 4.79 Å². The second kappa shape index (κ2) is 8.52. The summed E-state index contributed by atoms with van der Waals surface area (Å²) in [6.07, 6.45) is 1.63. The third kappa shape index (κ3) is 5.09. The van der Waals surface area contributed by atoms with Gasteiger partial charge in [0.05, 0.1) is 28.2 Å². The van der Waals surface area contributed by atoms with Crippen molar-refractivity contribution < 1.29 is 17.9 Å². The van der Waals surface area contributed by atoms with E-state index in [0.717, 1.165) is 19.4 Å². The van der Waals surface area contributed by atoms with Gasteiger partial charge < -0.3 is 9.64 Å². The Morgan fingerprint density at radius 1 is 1.38 bits per heavy atom. The number of benzene rings is 1. The molecule has 0 aliphatic carbocycles. The number of hydrogen-bond donors (Lipinski definition) is 0. The lowest BCUT2D eigenvalue weighted by atomic mass is 9.98. The minimum absolute atomic E-state index is 0.0515. The molecule has 0 aromatic heterocycles. The van der Waals surface area contributed by atoms with E-state index in [1.54, 1.807) is 13.0 Å². The van der Waals surface area contributed by atoms with Crippen molar-refractivity contribution in [2.24, 2.45) is 5.92 Å². The zero-order valence-electron chi connectivity index (χ0n) is 13.5. The topological polar surface area (TPSA) is 63.7 Å². The van der Waals surface area contributed by atoms with E-state index in [1.165, 1.54) is 12.1 Å². The van der Waals surface area contributed by atoms with Gasteiger partial charge in [0, 0.05) is 18.1 Å². The molecule has 0 spiro atoms. The first-order valence-electron chi connectivity index (χ1n) is 7.90. The van der Waals surface area contributed by atoms with Gasteiger partial charge in [0.15, 0.2) is 9.84 Å². The van der Waals surface area contributed by atoms with Crippen LogP contribution in [0, 0.1) is 5.92 Å². The number of rotatable bonds is 6. The van der Waals surface area contributed by atoms with Crippen LogP contribution in [0.3, 0.4) is 0 Å². The largest absolute Gasteiger partial charge is 0.466 e. The number of sulfone groups is 1. The van der Waals surface area contributed by atoms with Crippen LogP contribution in [0.15, 0.2) is 23.1 Å². The average Bonchev–Trinajstić information content (AvgIpc) is 2.56. The van der Waals surface area contributed by atoms with Crippen molar-refractivity contribution in [3.05, 3.63) is 28.2 Å². The number of ether oxygens (including phenoxy) is 1. The maximum atomic E-state index is 12.5. The molecular weight excluding hydrogens is 373 g/mol. The van der Waals surface area contributed by atoms with E-state index >= 15 is 0 Å². The van der Waals surface area contributed by atoms with Gasteiger partial charge in [0.25, 0.3) is 0 Å². The van der Waals surface area contributed by atoms with Crippen LogP contribution < -0.4 is 0 Å². The van der Waals surface area contributed by atoms with Crippen molar-refractivity contribution in [2.45, 2.75) is 24.7 Å². The molecule has 0 bridgehead atoms. The van der Waals surface area contributed by atoms with Crippen molar-refractivity contribution >= 4 is 39.0 Å². The fourth-order valence-corrected chi connectivity index (χ4v) is 4.88. The van der Waals surface area contributed by atoms with Gasteiger partial charge in [-0.1, -0.05) is 23.2 Å². The fourth-order valence-electron chi connectivity index (χ4n) is 2.79. The lowest BCUT2D eigenvalue weighted by Gasteiger charge is -2.31. The van der Waals surface area contributed by atoms with E-state index in [-0.39, 0.29) is 27.6 Å². The highest BCUT2D eigenvalue weighted by molar-refractivity contribution is 7.91. The molecule has 5 nitrogen and oxygen atoms in total. The summed E-state index contributed by atoms with van der Waals surface area (Å²) in [6, 6.07) is 4.41. The molecule has 24 heavy (non-hydrogen) atoms. The molecule has 1 fully saturated rings. The Morgan fingerprint density at radius 2 is 2.12 bits per heavy atom. The van der Waals surface area contributed by atoms with Gasteiger partial charge >= 0.3 is 5.97 Å². The lowest BCUT2D eigenvalue weighted by molar-refractivity contribution is -0.149. The maximum absolute atomic E-state index is 12.5. The Bertz CT molecular complexity index is 693. The Labute approximate surface area is 152 Å². The quantitative estimate of drug-likeness (QED) is 0.694. The zero-order chi connectivity index (χ0) is 17.7. The number of carbonyl (C=O) groups is 1. The molecule has 1 aliphatic rings. The maximum Gasteiger partial charge on any atom is 0.310 e. The number of hydrogen-bond acceptors (Lipinski definition) is 5. The number of esters is 1. The number of halogens is 2. The minimum atomic E-state index is -3.54. The number of likely N-dealkylation sites (tertiary alicyclic amines) is 1. The van der Waals surface area contributed by atoms with E-state index in [4.69, 9.17) is 27.9 Å². The van der Waals surface area contributed by atoms with E-state index in [2.05, 4.69) is 0 Å². The van der Waals surface area contributed by atoms with Crippen LogP contribution in [0.25, 0.3) is 0 Å². The number of piperidine rings is 1. The Balaban J connectivity index is 1.99. The van der Waals surface area contributed by atoms with Crippen molar-refractivity contribution in [2.75, 3.05) is 32.0 Å². The van der Waals surface area contributed by atoms with Gasteiger partial charge in [-0.15, -0.1) is 0 Å². The molecule has 1 aromatic rings. The first-order chi connectivity index (χ1) is 11.3. The summed E-state index contributed by atoms with van der Waals surface area (Å²) in [4.78, 5) is 13.9. The second-order valence-electron chi connectivity index (χ2n) is 5.79. The van der Waals surface area contributed by atoms with Crippen molar-refractivity contribution in [3.8, 4) is 0 Å². The number of nitrogens with zero attached hydrogens (tertiary/aromatic N) is 1. The predicted octanol–water partition coefficient (Wildman–Crippen LogP) is 3.04. The molecule has 1 unspecified atom stereocenters. The highest BCUT2D eigenvalue weighted by Crippen LogP contribution is 2.26. The Kier molecular flexibility index (Phi) is 6.92. The molecule has 1 atom stereocenters. The van der Waals surface area contributed by atoms with E-state index in [0.29, 0.717) is 24.7 Å². The van der Waals surface area contributed by atoms with Crippen molar-refractivity contribution in [3.63, 3.8) is 0 Å². The molecule has 8 heteroatoms. The summed E-state index contributed by atoms with van der Waals surface area (Å²) in [6.45, 7) is 3.78. The van der Waals surface area contributed by atoms with Crippen molar-refractivity contribution in [1.29, 1.82) is 0 Å². The lowest BCUT2D eigenvalue weighted by Crippen LogP contribution is -2.41. The zero-order valence-corrected chi connectivity index (χ0v) is 15.8. The molecule has 0 amide bonds. The monoisotopic (exact) mass is 393 g/mol. The predicted molar refractivity (Wildman–Crippen MR) is 94.3 cm³/mol. The third-order valence-electron chi connectivity index (χ3n) is 4.03. The molecular formula is C16H21Cl2NO4S. The molecule has 1 aliphatic heterocycles. The van der Waals surface area contributed by atoms with Gasteiger partial charge in [0.1, 0.15) is 0 Å². The highest BCUT2D eigenvalue weighted by Gasteiger charge is 2.28. The molecule has 1 saturated heterocycles. The highest BCUT2D eigenvalue weighted by atomic mass is 35.5. The smallest absolute Gasteiger partial charge is 0.310 e. The van der Waals surface area contributed by atoms with Crippen molar-refractivity contribution in [1.82, 2.24) is 4.90 Å². The summed E-state index contributed by atoms with van der Waals surface area (Å²) >= 11 is 11.9. The molecule has 1 aromatic carbocycles. The van der Waals surface area contributed by atoms with Crippen LogP contribution in [0.1, 0.15) is 19.8 Å². The molecule has 1 heterocycles. The molecule has 0 saturated carbocycles. The summed E-state index contributed by atoms with van der Waals surface area (Å²) in [5.41, 5.74) is 0. The molecule has 2 rings (SSSR count). The van der Waals surface area contributed by atoms with Crippen LogP contribution in [0.5, 0.6) is 0 Å². The Morgan fingerprint density at radius 3 is 2.83 bits per heavy atom. The van der Waals surface area contributed by atoms with Crippen LogP contribution >= 0.6 is 23.2 Å². The summed E-state index contributed by atoms with van der Waals surface area (Å²) in [5, 5.41) is 0.501.